The molecule has 0 bridgehead atoms. The van der Waals surface area contributed by atoms with E-state index in [4.69, 9.17) is 14.5 Å². The number of anilines is 1. The van der Waals surface area contributed by atoms with E-state index in [9.17, 15) is 9.59 Å². The number of benzene rings is 3. The number of ether oxygens (including phenoxy) is 2. The summed E-state index contributed by atoms with van der Waals surface area (Å²) in [5.74, 6) is 0.590. The van der Waals surface area contributed by atoms with Gasteiger partial charge in [0.25, 0.3) is 0 Å². The third-order valence-electron chi connectivity index (χ3n) is 5.96. The Labute approximate surface area is 220 Å². The molecule has 0 saturated carbocycles. The van der Waals surface area contributed by atoms with E-state index in [0.717, 1.165) is 21.8 Å². The molecular formula is C29H29N3O4S. The van der Waals surface area contributed by atoms with Crippen LogP contribution in [0.15, 0.2) is 84.2 Å². The molecule has 0 aliphatic heterocycles. The van der Waals surface area contributed by atoms with Crippen LogP contribution in [0.4, 0.5) is 5.69 Å². The van der Waals surface area contributed by atoms with E-state index >= 15 is 0 Å². The molecule has 0 radical (unpaired) electrons. The van der Waals surface area contributed by atoms with Crippen molar-refractivity contribution >= 4 is 28.8 Å². The molecule has 0 spiro atoms. The molecule has 1 heterocycles. The van der Waals surface area contributed by atoms with Crippen molar-refractivity contribution in [2.75, 3.05) is 19.5 Å². The van der Waals surface area contributed by atoms with Gasteiger partial charge in [0.05, 0.1) is 38.6 Å². The maximum Gasteiger partial charge on any atom is 0.247 e. The summed E-state index contributed by atoms with van der Waals surface area (Å²) in [4.78, 5) is 33.1. The lowest BCUT2D eigenvalue weighted by molar-refractivity contribution is -0.138. The molecule has 0 aliphatic rings. The molecule has 7 nitrogen and oxygen atoms in total. The van der Waals surface area contributed by atoms with Crippen molar-refractivity contribution in [2.24, 2.45) is 0 Å². The number of amides is 2. The molecular weight excluding hydrogens is 486 g/mol. The molecule has 37 heavy (non-hydrogen) atoms. The second-order valence-electron chi connectivity index (χ2n) is 8.41. The average Bonchev–Trinajstić information content (AvgIpc) is 3.41. The molecule has 4 rings (SSSR count). The predicted octanol–water partition coefficient (Wildman–Crippen LogP) is 5.43. The number of carbonyl (C=O) groups excluding carboxylic acids is 2. The molecule has 1 unspecified atom stereocenters. The Hall–Kier alpha value is -4.17. The Balaban J connectivity index is 1.56. The van der Waals surface area contributed by atoms with Crippen LogP contribution in [0.25, 0.3) is 11.3 Å². The lowest BCUT2D eigenvalue weighted by Gasteiger charge is -2.28. The van der Waals surface area contributed by atoms with E-state index in [2.05, 4.69) is 5.32 Å². The summed E-state index contributed by atoms with van der Waals surface area (Å²) in [7, 11) is 3.09. The summed E-state index contributed by atoms with van der Waals surface area (Å²) in [5.41, 5.74) is 3.22. The van der Waals surface area contributed by atoms with Crippen LogP contribution in [0.1, 0.15) is 17.5 Å². The van der Waals surface area contributed by atoms with Crippen LogP contribution in [-0.2, 0) is 22.6 Å². The van der Waals surface area contributed by atoms with Gasteiger partial charge in [-0.25, -0.2) is 4.98 Å². The molecule has 190 valence electrons. The van der Waals surface area contributed by atoms with Gasteiger partial charge in [-0.15, -0.1) is 11.3 Å². The van der Waals surface area contributed by atoms with E-state index in [1.54, 1.807) is 37.1 Å². The highest BCUT2D eigenvalue weighted by molar-refractivity contribution is 7.09. The van der Waals surface area contributed by atoms with Gasteiger partial charge < -0.3 is 19.7 Å². The molecule has 1 N–H and O–H groups in total. The summed E-state index contributed by atoms with van der Waals surface area (Å²) in [6, 6.07) is 23.8. The summed E-state index contributed by atoms with van der Waals surface area (Å²) in [6.07, 6.45) is 0.182. The van der Waals surface area contributed by atoms with Crippen LogP contribution in [0, 0.1) is 0 Å². The minimum Gasteiger partial charge on any atom is -0.497 e. The second kappa shape index (κ2) is 12.2. The molecule has 4 aromatic rings. The molecule has 0 fully saturated rings. The maximum atomic E-state index is 13.5. The minimum absolute atomic E-state index is 0.160. The van der Waals surface area contributed by atoms with Gasteiger partial charge in [0.1, 0.15) is 22.5 Å². The second-order valence-corrected chi connectivity index (χ2v) is 9.35. The van der Waals surface area contributed by atoms with Gasteiger partial charge in [-0.05, 0) is 24.6 Å². The Morgan fingerprint density at radius 1 is 0.973 bits per heavy atom. The fourth-order valence-corrected chi connectivity index (χ4v) is 4.67. The number of nitrogens with one attached hydrogen (secondary N) is 1. The van der Waals surface area contributed by atoms with Gasteiger partial charge >= 0.3 is 0 Å². The zero-order valence-corrected chi connectivity index (χ0v) is 21.8. The van der Waals surface area contributed by atoms with E-state index in [0.29, 0.717) is 17.2 Å². The number of hydrogen-bond acceptors (Lipinski definition) is 6. The largest absolute Gasteiger partial charge is 0.497 e. The van der Waals surface area contributed by atoms with Crippen LogP contribution in [0.5, 0.6) is 11.5 Å². The predicted molar refractivity (Wildman–Crippen MR) is 146 cm³/mol. The lowest BCUT2D eigenvalue weighted by atomic mass is 10.1. The average molecular weight is 516 g/mol. The Kier molecular flexibility index (Phi) is 8.53. The molecule has 0 aliphatic carbocycles. The van der Waals surface area contributed by atoms with Gasteiger partial charge in [0.2, 0.25) is 11.8 Å². The standard InChI is InChI=1S/C29H29N3O4S/c1-20(29(34)31-24-15-14-23(35-2)17-26(24)36-3)32(28(33)16-21-10-6-4-7-11-21)18-27-30-25(19-37-27)22-12-8-5-9-13-22/h4-15,17,19-20H,16,18H2,1-3H3,(H,31,34). The summed E-state index contributed by atoms with van der Waals surface area (Å²) >= 11 is 1.47. The van der Waals surface area contributed by atoms with Crippen LogP contribution in [0.2, 0.25) is 0 Å². The van der Waals surface area contributed by atoms with E-state index in [1.165, 1.54) is 18.4 Å². The number of hydrogen-bond donors (Lipinski definition) is 1. The number of aromatic nitrogens is 1. The normalized spacial score (nSPS) is 11.4. The van der Waals surface area contributed by atoms with Crippen molar-refractivity contribution in [3.63, 3.8) is 0 Å². The first kappa shape index (κ1) is 25.9. The molecule has 0 saturated heterocycles. The van der Waals surface area contributed by atoms with Crippen molar-refractivity contribution in [3.05, 3.63) is 94.8 Å². The Morgan fingerprint density at radius 2 is 1.68 bits per heavy atom. The number of methoxy groups -OCH3 is 2. The Bertz CT molecular complexity index is 1340. The highest BCUT2D eigenvalue weighted by Gasteiger charge is 2.28. The van der Waals surface area contributed by atoms with Gasteiger partial charge in [0.15, 0.2) is 0 Å². The van der Waals surface area contributed by atoms with Crippen LogP contribution in [0.3, 0.4) is 0 Å². The fraction of sp³-hybridized carbons (Fsp3) is 0.207. The van der Waals surface area contributed by atoms with Crippen molar-refractivity contribution in [3.8, 4) is 22.8 Å². The highest BCUT2D eigenvalue weighted by Crippen LogP contribution is 2.29. The third-order valence-corrected chi connectivity index (χ3v) is 6.79. The Morgan fingerprint density at radius 3 is 2.35 bits per heavy atom. The van der Waals surface area contributed by atoms with Crippen molar-refractivity contribution < 1.29 is 19.1 Å². The SMILES string of the molecule is COc1ccc(NC(=O)C(C)N(Cc2nc(-c3ccccc3)cs2)C(=O)Cc2ccccc2)c(OC)c1. The van der Waals surface area contributed by atoms with Crippen LogP contribution >= 0.6 is 11.3 Å². The number of carbonyl (C=O) groups is 2. The first-order valence-electron chi connectivity index (χ1n) is 11.8. The van der Waals surface area contributed by atoms with Gasteiger partial charge in [-0.1, -0.05) is 60.7 Å². The topological polar surface area (TPSA) is 80.8 Å². The van der Waals surface area contributed by atoms with Crippen LogP contribution < -0.4 is 14.8 Å². The maximum absolute atomic E-state index is 13.5. The zero-order chi connectivity index (χ0) is 26.2. The number of nitrogens with zero attached hydrogens (tertiary/aromatic N) is 2. The van der Waals surface area contributed by atoms with Crippen molar-refractivity contribution in [2.45, 2.75) is 25.9 Å². The van der Waals surface area contributed by atoms with E-state index < -0.39 is 6.04 Å². The minimum atomic E-state index is -0.757. The monoisotopic (exact) mass is 515 g/mol. The third kappa shape index (κ3) is 6.54. The molecule has 2 amide bonds. The smallest absolute Gasteiger partial charge is 0.247 e. The van der Waals surface area contributed by atoms with Gasteiger partial charge in [0, 0.05) is 17.0 Å². The number of thiazole rings is 1. The highest BCUT2D eigenvalue weighted by atomic mass is 32.1. The zero-order valence-electron chi connectivity index (χ0n) is 21.0. The summed E-state index contributed by atoms with van der Waals surface area (Å²) in [5, 5.41) is 5.62. The quantitative estimate of drug-likeness (QED) is 0.305. The van der Waals surface area contributed by atoms with E-state index in [1.807, 2.05) is 66.0 Å². The number of rotatable bonds is 10. The van der Waals surface area contributed by atoms with Gasteiger partial charge in [-0.3, -0.25) is 9.59 Å². The first-order chi connectivity index (χ1) is 18.0. The van der Waals surface area contributed by atoms with Crippen LogP contribution in [-0.4, -0.2) is 42.0 Å². The molecule has 1 atom stereocenters. The fourth-order valence-electron chi connectivity index (χ4n) is 3.86. The molecule has 1 aromatic heterocycles. The summed E-state index contributed by atoms with van der Waals surface area (Å²) in [6.45, 7) is 1.94. The summed E-state index contributed by atoms with van der Waals surface area (Å²) < 4.78 is 10.7. The van der Waals surface area contributed by atoms with E-state index in [-0.39, 0.29) is 24.8 Å². The molecule has 3 aromatic carbocycles. The van der Waals surface area contributed by atoms with Gasteiger partial charge in [-0.2, -0.15) is 0 Å². The van der Waals surface area contributed by atoms with Crippen molar-refractivity contribution in [1.82, 2.24) is 9.88 Å². The first-order valence-corrected chi connectivity index (χ1v) is 12.7. The lowest BCUT2D eigenvalue weighted by Crippen LogP contribution is -2.45. The van der Waals surface area contributed by atoms with Crippen molar-refractivity contribution in [1.29, 1.82) is 0 Å². The molecule has 8 heteroatoms.